The minimum Gasteiger partial charge on any atom is -0.409 e. The number of nitrogens with one attached hydrogen (secondary N) is 1. The lowest BCUT2D eigenvalue weighted by Crippen LogP contribution is -2.47. The van der Waals surface area contributed by atoms with E-state index < -0.39 is 6.04 Å². The lowest BCUT2D eigenvalue weighted by molar-refractivity contribution is 0.0939. The molecule has 0 saturated carbocycles. The number of amidine groups is 1. The van der Waals surface area contributed by atoms with Crippen LogP contribution >= 0.6 is 0 Å². The number of rotatable bonds is 5. The standard InChI is InChI=1S/C14H22N4O2/c1-9(2)12(13(15)17-20)16-14(19)10-6-5-7-11(8-10)18(3)4/h5-9,12,20H,1-4H3,(H2,15,17)(H,16,19). The van der Waals surface area contributed by atoms with Crippen molar-refractivity contribution in [2.45, 2.75) is 19.9 Å². The first kappa shape index (κ1) is 15.8. The van der Waals surface area contributed by atoms with Crippen molar-refractivity contribution in [2.75, 3.05) is 19.0 Å². The number of carbonyl (C=O) groups excluding carboxylic acids is 1. The molecule has 0 aromatic heterocycles. The molecule has 0 heterocycles. The molecule has 0 saturated heterocycles. The van der Waals surface area contributed by atoms with Crippen LogP contribution in [0.2, 0.25) is 0 Å². The zero-order chi connectivity index (χ0) is 15.3. The van der Waals surface area contributed by atoms with Crippen molar-refractivity contribution in [3.8, 4) is 0 Å². The monoisotopic (exact) mass is 278 g/mol. The van der Waals surface area contributed by atoms with Crippen molar-refractivity contribution < 1.29 is 10.0 Å². The van der Waals surface area contributed by atoms with Gasteiger partial charge in [0.2, 0.25) is 0 Å². The topological polar surface area (TPSA) is 91.0 Å². The Hall–Kier alpha value is -2.24. The summed E-state index contributed by atoms with van der Waals surface area (Å²) in [6, 6.07) is 6.75. The zero-order valence-corrected chi connectivity index (χ0v) is 12.3. The summed E-state index contributed by atoms with van der Waals surface area (Å²) >= 11 is 0. The zero-order valence-electron chi connectivity index (χ0n) is 12.3. The fourth-order valence-corrected chi connectivity index (χ4v) is 1.79. The molecule has 6 nitrogen and oxygen atoms in total. The number of hydrogen-bond donors (Lipinski definition) is 3. The Morgan fingerprint density at radius 1 is 1.40 bits per heavy atom. The van der Waals surface area contributed by atoms with Crippen LogP contribution in [-0.4, -0.2) is 37.1 Å². The van der Waals surface area contributed by atoms with Gasteiger partial charge in [0.15, 0.2) is 5.84 Å². The van der Waals surface area contributed by atoms with Crippen LogP contribution in [0.4, 0.5) is 5.69 Å². The molecule has 0 aliphatic heterocycles. The van der Waals surface area contributed by atoms with Gasteiger partial charge < -0.3 is 21.2 Å². The van der Waals surface area contributed by atoms with Crippen LogP contribution < -0.4 is 16.0 Å². The molecule has 0 radical (unpaired) electrons. The van der Waals surface area contributed by atoms with E-state index >= 15 is 0 Å². The molecule has 0 aliphatic carbocycles. The van der Waals surface area contributed by atoms with Crippen LogP contribution in [0.15, 0.2) is 29.4 Å². The average molecular weight is 278 g/mol. The molecule has 20 heavy (non-hydrogen) atoms. The first-order valence-electron chi connectivity index (χ1n) is 6.42. The van der Waals surface area contributed by atoms with Gasteiger partial charge >= 0.3 is 0 Å². The second kappa shape index (κ2) is 6.79. The van der Waals surface area contributed by atoms with Gasteiger partial charge in [0, 0.05) is 25.3 Å². The van der Waals surface area contributed by atoms with Gasteiger partial charge in [-0.3, -0.25) is 4.79 Å². The average Bonchev–Trinajstić information content (AvgIpc) is 2.43. The third-order valence-electron chi connectivity index (χ3n) is 3.01. The Kier molecular flexibility index (Phi) is 5.37. The van der Waals surface area contributed by atoms with Crippen LogP contribution in [0.3, 0.4) is 0 Å². The Labute approximate surface area is 119 Å². The van der Waals surface area contributed by atoms with Gasteiger partial charge in [-0.15, -0.1) is 0 Å². The molecule has 1 amide bonds. The number of oxime groups is 1. The van der Waals surface area contributed by atoms with Gasteiger partial charge in [-0.1, -0.05) is 25.1 Å². The van der Waals surface area contributed by atoms with Crippen molar-refractivity contribution in [1.82, 2.24) is 5.32 Å². The summed E-state index contributed by atoms with van der Waals surface area (Å²) in [6.07, 6.45) is 0. The van der Waals surface area contributed by atoms with Crippen molar-refractivity contribution in [2.24, 2.45) is 16.8 Å². The van der Waals surface area contributed by atoms with Crippen LogP contribution in [0.5, 0.6) is 0 Å². The molecule has 4 N–H and O–H groups in total. The summed E-state index contributed by atoms with van der Waals surface area (Å²) < 4.78 is 0. The van der Waals surface area contributed by atoms with E-state index in [1.807, 2.05) is 45.0 Å². The lowest BCUT2D eigenvalue weighted by Gasteiger charge is -2.21. The fraction of sp³-hybridized carbons (Fsp3) is 0.429. The van der Waals surface area contributed by atoms with Gasteiger partial charge in [0.05, 0.1) is 6.04 Å². The van der Waals surface area contributed by atoms with E-state index in [1.54, 1.807) is 12.1 Å². The Bertz CT molecular complexity index is 498. The number of benzene rings is 1. The van der Waals surface area contributed by atoms with E-state index in [0.717, 1.165) is 5.69 Å². The molecule has 1 aromatic carbocycles. The molecule has 0 spiro atoms. The highest BCUT2D eigenvalue weighted by atomic mass is 16.4. The highest BCUT2D eigenvalue weighted by molar-refractivity contribution is 5.98. The molecule has 0 bridgehead atoms. The van der Waals surface area contributed by atoms with Gasteiger partial charge in [0.1, 0.15) is 0 Å². The molecular formula is C14H22N4O2. The SMILES string of the molecule is CC(C)C(NC(=O)c1cccc(N(C)C)c1)C(N)=NO. The first-order valence-corrected chi connectivity index (χ1v) is 6.42. The number of nitrogens with two attached hydrogens (primary N) is 1. The van der Waals surface area contributed by atoms with Crippen LogP contribution in [0.25, 0.3) is 0 Å². The van der Waals surface area contributed by atoms with Gasteiger partial charge in [-0.25, -0.2) is 0 Å². The fourth-order valence-electron chi connectivity index (χ4n) is 1.79. The lowest BCUT2D eigenvalue weighted by atomic mass is 10.0. The summed E-state index contributed by atoms with van der Waals surface area (Å²) in [7, 11) is 3.81. The summed E-state index contributed by atoms with van der Waals surface area (Å²) in [5.74, 6) is -0.233. The van der Waals surface area contributed by atoms with Crippen molar-refractivity contribution in [1.29, 1.82) is 0 Å². The quantitative estimate of drug-likeness (QED) is 0.327. The van der Waals surface area contributed by atoms with Crippen molar-refractivity contribution in [3.05, 3.63) is 29.8 Å². The molecule has 1 atom stereocenters. The van der Waals surface area contributed by atoms with E-state index in [4.69, 9.17) is 10.9 Å². The van der Waals surface area contributed by atoms with E-state index in [2.05, 4.69) is 10.5 Å². The number of anilines is 1. The predicted molar refractivity (Wildman–Crippen MR) is 80.3 cm³/mol. The Morgan fingerprint density at radius 3 is 2.55 bits per heavy atom. The number of amides is 1. The maximum Gasteiger partial charge on any atom is 0.251 e. The molecule has 1 rings (SSSR count). The van der Waals surface area contributed by atoms with Gasteiger partial charge in [-0.2, -0.15) is 0 Å². The van der Waals surface area contributed by atoms with E-state index in [1.165, 1.54) is 0 Å². The highest BCUT2D eigenvalue weighted by Gasteiger charge is 2.21. The maximum absolute atomic E-state index is 12.2. The van der Waals surface area contributed by atoms with Crippen LogP contribution in [0.1, 0.15) is 24.2 Å². The third kappa shape index (κ3) is 3.88. The minimum absolute atomic E-state index is 0.00267. The third-order valence-corrected chi connectivity index (χ3v) is 3.01. The van der Waals surface area contributed by atoms with Gasteiger partial charge in [0.25, 0.3) is 5.91 Å². The smallest absolute Gasteiger partial charge is 0.251 e. The molecule has 0 fully saturated rings. The molecule has 6 heteroatoms. The number of hydrogen-bond acceptors (Lipinski definition) is 4. The number of carbonyl (C=O) groups is 1. The molecule has 1 aromatic rings. The van der Waals surface area contributed by atoms with Gasteiger partial charge in [-0.05, 0) is 24.1 Å². The largest absolute Gasteiger partial charge is 0.409 e. The van der Waals surface area contributed by atoms with Crippen molar-refractivity contribution in [3.63, 3.8) is 0 Å². The first-order chi connectivity index (χ1) is 9.36. The summed E-state index contributed by atoms with van der Waals surface area (Å²) in [5.41, 5.74) is 7.07. The number of nitrogens with zero attached hydrogens (tertiary/aromatic N) is 2. The maximum atomic E-state index is 12.2. The second-order valence-electron chi connectivity index (χ2n) is 5.16. The van der Waals surface area contributed by atoms with Crippen LogP contribution in [0, 0.1) is 5.92 Å². The van der Waals surface area contributed by atoms with E-state index in [0.29, 0.717) is 5.56 Å². The molecule has 0 aliphatic rings. The Balaban J connectivity index is 2.92. The summed E-state index contributed by atoms with van der Waals surface area (Å²) in [5, 5.41) is 14.5. The molecule has 110 valence electrons. The second-order valence-corrected chi connectivity index (χ2v) is 5.16. The van der Waals surface area contributed by atoms with E-state index in [9.17, 15) is 4.79 Å². The predicted octanol–water partition coefficient (Wildman–Crippen LogP) is 1.25. The van der Waals surface area contributed by atoms with Crippen LogP contribution in [-0.2, 0) is 0 Å². The molecule has 1 unspecified atom stereocenters. The van der Waals surface area contributed by atoms with E-state index in [-0.39, 0.29) is 17.7 Å². The highest BCUT2D eigenvalue weighted by Crippen LogP contribution is 2.14. The summed E-state index contributed by atoms with van der Waals surface area (Å²) in [6.45, 7) is 3.78. The molecular weight excluding hydrogens is 256 g/mol. The Morgan fingerprint density at radius 2 is 2.05 bits per heavy atom. The minimum atomic E-state index is -0.504. The normalized spacial score (nSPS) is 13.2. The van der Waals surface area contributed by atoms with Crippen molar-refractivity contribution >= 4 is 17.4 Å². The summed E-state index contributed by atoms with van der Waals surface area (Å²) in [4.78, 5) is 14.1.